The minimum absolute atomic E-state index is 0.254. The number of benzene rings is 1. The molecule has 2 rings (SSSR count). The van der Waals surface area contributed by atoms with E-state index in [0.29, 0.717) is 11.9 Å². The maximum absolute atomic E-state index is 5.91. The van der Waals surface area contributed by atoms with Crippen molar-refractivity contribution in [3.63, 3.8) is 0 Å². The van der Waals surface area contributed by atoms with E-state index in [0.717, 1.165) is 22.9 Å². The van der Waals surface area contributed by atoms with E-state index in [1.807, 2.05) is 22.9 Å². The van der Waals surface area contributed by atoms with Gasteiger partial charge in [0, 0.05) is 16.9 Å². The molecule has 0 aliphatic heterocycles. The van der Waals surface area contributed by atoms with Crippen molar-refractivity contribution < 1.29 is 9.47 Å². The predicted molar refractivity (Wildman–Crippen MR) is 80.4 cm³/mol. The van der Waals surface area contributed by atoms with Crippen LogP contribution in [-0.2, 0) is 11.9 Å². The zero-order chi connectivity index (χ0) is 14.5. The minimum atomic E-state index is 0.254. The first-order valence-corrected chi connectivity index (χ1v) is 7.52. The Kier molecular flexibility index (Phi) is 5.00. The van der Waals surface area contributed by atoms with E-state index in [9.17, 15) is 0 Å². The molecule has 0 bridgehead atoms. The molecule has 6 heteroatoms. The average molecular weight is 340 g/mol. The lowest BCUT2D eigenvalue weighted by molar-refractivity contribution is 0.264. The summed E-state index contributed by atoms with van der Waals surface area (Å²) in [5, 5.41) is 4.90. The minimum Gasteiger partial charge on any atom is -0.493 e. The highest BCUT2D eigenvalue weighted by Crippen LogP contribution is 2.33. The fourth-order valence-electron chi connectivity index (χ4n) is 1.94. The van der Waals surface area contributed by atoms with Gasteiger partial charge < -0.3 is 9.47 Å². The average Bonchev–Trinajstić information content (AvgIpc) is 2.93. The van der Waals surface area contributed by atoms with E-state index < -0.39 is 0 Å². The number of rotatable bonds is 6. The molecule has 0 N–H and O–H groups in total. The van der Waals surface area contributed by atoms with Crippen LogP contribution in [0.2, 0.25) is 0 Å². The molecule has 0 amide bonds. The summed E-state index contributed by atoms with van der Waals surface area (Å²) in [6.07, 6.45) is 1.55. The molecule has 0 atom stereocenters. The van der Waals surface area contributed by atoms with Crippen LogP contribution in [0.25, 0.3) is 0 Å². The van der Waals surface area contributed by atoms with Gasteiger partial charge in [-0.1, -0.05) is 28.1 Å². The first-order valence-electron chi connectivity index (χ1n) is 6.40. The van der Waals surface area contributed by atoms with E-state index in [2.05, 4.69) is 39.9 Å². The summed E-state index contributed by atoms with van der Waals surface area (Å²) in [5.41, 5.74) is 1.04. The lowest BCUT2D eigenvalue weighted by Crippen LogP contribution is -2.11. The van der Waals surface area contributed by atoms with Crippen LogP contribution in [0.1, 0.15) is 31.3 Å². The summed E-state index contributed by atoms with van der Waals surface area (Å²) in [7, 11) is 1.64. The number of hydrogen-bond donors (Lipinski definition) is 0. The van der Waals surface area contributed by atoms with Crippen LogP contribution in [0.4, 0.5) is 0 Å². The number of ether oxygens (including phenoxy) is 2. The number of nitrogens with zero attached hydrogens (tertiary/aromatic N) is 3. The monoisotopic (exact) mass is 339 g/mol. The van der Waals surface area contributed by atoms with Gasteiger partial charge in [0.05, 0.1) is 7.11 Å². The van der Waals surface area contributed by atoms with Gasteiger partial charge in [0.1, 0.15) is 12.9 Å². The molecule has 1 heterocycles. The van der Waals surface area contributed by atoms with Crippen molar-refractivity contribution in [2.75, 3.05) is 7.11 Å². The molecule has 108 valence electrons. The molecule has 5 nitrogen and oxygen atoms in total. The van der Waals surface area contributed by atoms with Gasteiger partial charge in [-0.3, -0.25) is 0 Å². The Hall–Kier alpha value is -1.56. The second-order valence-corrected chi connectivity index (χ2v) is 5.15. The molecule has 1 aromatic carbocycles. The lowest BCUT2D eigenvalue weighted by atomic mass is 10.2. The van der Waals surface area contributed by atoms with E-state index in [-0.39, 0.29) is 6.04 Å². The topological polar surface area (TPSA) is 49.2 Å². The zero-order valence-electron chi connectivity index (χ0n) is 11.8. The molecule has 0 saturated carbocycles. The second-order valence-electron chi connectivity index (χ2n) is 4.59. The summed E-state index contributed by atoms with van der Waals surface area (Å²) in [4.78, 5) is 4.24. The van der Waals surface area contributed by atoms with Crippen molar-refractivity contribution in [1.29, 1.82) is 0 Å². The van der Waals surface area contributed by atoms with E-state index in [1.165, 1.54) is 0 Å². The molecular formula is C14H18BrN3O2. The smallest absolute Gasteiger partial charge is 0.165 e. The summed E-state index contributed by atoms with van der Waals surface area (Å²) < 4.78 is 13.1. The third kappa shape index (κ3) is 3.12. The highest BCUT2D eigenvalue weighted by molar-refractivity contribution is 9.08. The van der Waals surface area contributed by atoms with Gasteiger partial charge in [0.25, 0.3) is 0 Å². The number of alkyl halides is 1. The molecule has 0 fully saturated rings. The largest absolute Gasteiger partial charge is 0.493 e. The maximum Gasteiger partial charge on any atom is 0.165 e. The van der Waals surface area contributed by atoms with Gasteiger partial charge in [-0.15, -0.1) is 0 Å². The highest BCUT2D eigenvalue weighted by Gasteiger charge is 2.13. The lowest BCUT2D eigenvalue weighted by Gasteiger charge is -2.15. The predicted octanol–water partition coefficient (Wildman–Crippen LogP) is 3.34. The highest BCUT2D eigenvalue weighted by atomic mass is 79.9. The Morgan fingerprint density at radius 3 is 2.80 bits per heavy atom. The number of halogens is 1. The van der Waals surface area contributed by atoms with Crippen LogP contribution in [0, 0.1) is 0 Å². The van der Waals surface area contributed by atoms with Crippen molar-refractivity contribution in [3.05, 3.63) is 35.9 Å². The van der Waals surface area contributed by atoms with Crippen LogP contribution in [0.15, 0.2) is 24.5 Å². The molecular weight excluding hydrogens is 322 g/mol. The number of hydrogen-bond acceptors (Lipinski definition) is 4. The van der Waals surface area contributed by atoms with Crippen LogP contribution in [-0.4, -0.2) is 21.9 Å². The number of aromatic nitrogens is 3. The van der Waals surface area contributed by atoms with Crippen molar-refractivity contribution >= 4 is 15.9 Å². The Balaban J connectivity index is 2.20. The molecule has 0 radical (unpaired) electrons. The molecule has 0 aliphatic carbocycles. The maximum atomic E-state index is 5.91. The number of methoxy groups -OCH3 is 1. The first-order chi connectivity index (χ1) is 9.67. The summed E-state index contributed by atoms with van der Waals surface area (Å²) in [6.45, 7) is 4.48. The van der Waals surface area contributed by atoms with Gasteiger partial charge in [0.15, 0.2) is 17.3 Å². The SMILES string of the molecule is COc1cccc(CBr)c1OCc1ncnn1C(C)C. The van der Waals surface area contributed by atoms with Gasteiger partial charge in [-0.2, -0.15) is 5.10 Å². The molecule has 1 aromatic heterocycles. The van der Waals surface area contributed by atoms with Crippen LogP contribution in [0.5, 0.6) is 11.5 Å². The third-order valence-corrected chi connectivity index (χ3v) is 3.51. The van der Waals surface area contributed by atoms with Gasteiger partial charge >= 0.3 is 0 Å². The number of para-hydroxylation sites is 1. The van der Waals surface area contributed by atoms with E-state index >= 15 is 0 Å². The quantitative estimate of drug-likeness (QED) is 0.757. The van der Waals surface area contributed by atoms with Crippen molar-refractivity contribution in [3.8, 4) is 11.5 Å². The Labute approximate surface area is 127 Å². The Morgan fingerprint density at radius 2 is 2.15 bits per heavy atom. The first kappa shape index (κ1) is 14.8. The van der Waals surface area contributed by atoms with Crippen LogP contribution >= 0.6 is 15.9 Å². The van der Waals surface area contributed by atoms with Crippen molar-refractivity contribution in [2.45, 2.75) is 31.8 Å². The molecule has 0 spiro atoms. The standard InChI is InChI=1S/C14H18BrN3O2/c1-10(2)18-13(16-9-17-18)8-20-14-11(7-15)5-4-6-12(14)19-3/h4-6,9-10H,7-8H2,1-3H3. The van der Waals surface area contributed by atoms with Crippen molar-refractivity contribution in [2.24, 2.45) is 0 Å². The van der Waals surface area contributed by atoms with Crippen LogP contribution < -0.4 is 9.47 Å². The summed E-state index contributed by atoms with van der Waals surface area (Å²) in [5.74, 6) is 2.26. The molecule has 0 aliphatic rings. The normalized spacial score (nSPS) is 10.8. The zero-order valence-corrected chi connectivity index (χ0v) is 13.4. The Bertz CT molecular complexity index is 547. The molecule has 0 saturated heterocycles. The van der Waals surface area contributed by atoms with Gasteiger partial charge in [-0.25, -0.2) is 9.67 Å². The summed E-state index contributed by atoms with van der Waals surface area (Å²) >= 11 is 3.46. The van der Waals surface area contributed by atoms with Crippen molar-refractivity contribution in [1.82, 2.24) is 14.8 Å². The second kappa shape index (κ2) is 6.74. The summed E-state index contributed by atoms with van der Waals surface area (Å²) in [6, 6.07) is 6.08. The Morgan fingerprint density at radius 1 is 1.35 bits per heavy atom. The van der Waals surface area contributed by atoms with Crippen LogP contribution in [0.3, 0.4) is 0 Å². The molecule has 2 aromatic rings. The fraction of sp³-hybridized carbons (Fsp3) is 0.429. The fourth-order valence-corrected chi connectivity index (χ4v) is 2.38. The van der Waals surface area contributed by atoms with Gasteiger partial charge in [0.2, 0.25) is 0 Å². The molecule has 0 unspecified atom stereocenters. The molecule has 20 heavy (non-hydrogen) atoms. The van der Waals surface area contributed by atoms with E-state index in [4.69, 9.17) is 9.47 Å². The third-order valence-electron chi connectivity index (χ3n) is 2.91. The van der Waals surface area contributed by atoms with Gasteiger partial charge in [-0.05, 0) is 19.9 Å². The van der Waals surface area contributed by atoms with E-state index in [1.54, 1.807) is 13.4 Å².